The molecule has 23 heavy (non-hydrogen) atoms. The van der Waals surface area contributed by atoms with Crippen molar-refractivity contribution in [2.75, 3.05) is 0 Å². The van der Waals surface area contributed by atoms with E-state index in [1.807, 2.05) is 11.6 Å². The van der Waals surface area contributed by atoms with Crippen LogP contribution in [0.3, 0.4) is 0 Å². The molecule has 0 aliphatic heterocycles. The Hall–Kier alpha value is -1.68. The van der Waals surface area contributed by atoms with Gasteiger partial charge in [0, 0.05) is 22.9 Å². The first-order chi connectivity index (χ1) is 11.2. The van der Waals surface area contributed by atoms with Crippen molar-refractivity contribution in [3.8, 4) is 16.3 Å². The Morgan fingerprint density at radius 1 is 1.39 bits per heavy atom. The van der Waals surface area contributed by atoms with Gasteiger partial charge in [0.2, 0.25) is 0 Å². The maximum Gasteiger partial charge on any atom is 0.145 e. The maximum atomic E-state index is 6.19. The molecule has 3 nitrogen and oxygen atoms in total. The van der Waals surface area contributed by atoms with Crippen LogP contribution in [0.4, 0.5) is 5.69 Å². The van der Waals surface area contributed by atoms with Crippen molar-refractivity contribution in [3.05, 3.63) is 29.3 Å². The van der Waals surface area contributed by atoms with Crippen molar-refractivity contribution in [3.63, 3.8) is 0 Å². The fourth-order valence-electron chi connectivity index (χ4n) is 2.77. The number of aliphatic imine (C=N–C) groups is 1. The summed E-state index contributed by atoms with van der Waals surface area (Å²) in [6.07, 6.45) is 7.93. The van der Waals surface area contributed by atoms with Gasteiger partial charge in [-0.1, -0.05) is 13.3 Å². The SMILES string of the molecule is CCC/C(C)=N\c1c(OC2CCC2)ccc(-c2nccs2)c1C. The van der Waals surface area contributed by atoms with Gasteiger partial charge in [-0.3, -0.25) is 4.99 Å². The van der Waals surface area contributed by atoms with Crippen molar-refractivity contribution < 1.29 is 4.74 Å². The minimum atomic E-state index is 0.362. The molecule has 0 atom stereocenters. The van der Waals surface area contributed by atoms with E-state index < -0.39 is 0 Å². The van der Waals surface area contributed by atoms with Crippen LogP contribution in [0, 0.1) is 6.92 Å². The third-order valence-corrected chi connectivity index (χ3v) is 5.12. The van der Waals surface area contributed by atoms with Gasteiger partial charge in [-0.15, -0.1) is 11.3 Å². The van der Waals surface area contributed by atoms with Gasteiger partial charge in [0.25, 0.3) is 0 Å². The normalized spacial score (nSPS) is 15.5. The number of rotatable bonds is 6. The predicted octanol–water partition coefficient (Wildman–Crippen LogP) is 5.94. The fraction of sp³-hybridized carbons (Fsp3) is 0.474. The Kier molecular flexibility index (Phi) is 5.11. The number of hydrogen-bond donors (Lipinski definition) is 0. The van der Waals surface area contributed by atoms with E-state index in [2.05, 4.69) is 37.9 Å². The van der Waals surface area contributed by atoms with Crippen LogP contribution in [0.25, 0.3) is 10.6 Å². The molecule has 122 valence electrons. The Balaban J connectivity index is 2.01. The molecule has 0 unspecified atom stereocenters. The van der Waals surface area contributed by atoms with E-state index in [0.717, 1.165) is 59.0 Å². The van der Waals surface area contributed by atoms with E-state index in [9.17, 15) is 0 Å². The van der Waals surface area contributed by atoms with E-state index >= 15 is 0 Å². The van der Waals surface area contributed by atoms with Crippen molar-refractivity contribution in [2.24, 2.45) is 4.99 Å². The van der Waals surface area contributed by atoms with Gasteiger partial charge in [-0.2, -0.15) is 0 Å². The standard InChI is InChI=1S/C19H24N2OS/c1-4-6-13(2)21-18-14(3)16(19-20-11-12-23-19)9-10-17(18)22-15-7-5-8-15/h9-12,15H,4-8H2,1-3H3/b21-13-. The summed E-state index contributed by atoms with van der Waals surface area (Å²) in [5.74, 6) is 0.919. The molecule has 0 spiro atoms. The highest BCUT2D eigenvalue weighted by atomic mass is 32.1. The summed E-state index contributed by atoms with van der Waals surface area (Å²) < 4.78 is 6.19. The second-order valence-electron chi connectivity index (χ2n) is 6.19. The molecule has 0 saturated heterocycles. The van der Waals surface area contributed by atoms with Gasteiger partial charge < -0.3 is 4.74 Å². The van der Waals surface area contributed by atoms with E-state index in [1.165, 1.54) is 6.42 Å². The smallest absolute Gasteiger partial charge is 0.145 e. The number of thiazole rings is 1. The van der Waals surface area contributed by atoms with Crippen molar-refractivity contribution in [1.29, 1.82) is 0 Å². The second kappa shape index (κ2) is 7.26. The van der Waals surface area contributed by atoms with E-state index in [1.54, 1.807) is 11.3 Å². The average Bonchev–Trinajstić information content (AvgIpc) is 3.00. The molecule has 0 radical (unpaired) electrons. The molecule has 1 aromatic carbocycles. The monoisotopic (exact) mass is 328 g/mol. The molecular weight excluding hydrogens is 304 g/mol. The number of benzene rings is 1. The fourth-order valence-corrected chi connectivity index (χ4v) is 3.49. The molecular formula is C19H24N2OS. The Morgan fingerprint density at radius 2 is 2.22 bits per heavy atom. The molecule has 1 heterocycles. The van der Waals surface area contributed by atoms with E-state index in [4.69, 9.17) is 9.73 Å². The first kappa shape index (κ1) is 16.2. The molecule has 0 bridgehead atoms. The summed E-state index contributed by atoms with van der Waals surface area (Å²) in [6.45, 7) is 6.41. The lowest BCUT2D eigenvalue weighted by atomic mass is 9.96. The lowest BCUT2D eigenvalue weighted by Crippen LogP contribution is -2.24. The summed E-state index contributed by atoms with van der Waals surface area (Å²) in [6, 6.07) is 4.19. The largest absolute Gasteiger partial charge is 0.488 e. The van der Waals surface area contributed by atoms with Crippen molar-refractivity contribution in [1.82, 2.24) is 4.98 Å². The van der Waals surface area contributed by atoms with Crippen LogP contribution in [0.5, 0.6) is 5.75 Å². The first-order valence-corrected chi connectivity index (χ1v) is 9.31. The molecule has 1 fully saturated rings. The molecule has 3 rings (SSSR count). The highest BCUT2D eigenvalue weighted by Crippen LogP contribution is 2.40. The molecule has 1 aliphatic carbocycles. The Bertz CT molecular complexity index is 688. The van der Waals surface area contributed by atoms with Crippen LogP contribution < -0.4 is 4.74 Å². The minimum absolute atomic E-state index is 0.362. The molecule has 1 saturated carbocycles. The van der Waals surface area contributed by atoms with Crippen molar-refractivity contribution in [2.45, 2.75) is 59.0 Å². The summed E-state index contributed by atoms with van der Waals surface area (Å²) in [5, 5.41) is 3.06. The quantitative estimate of drug-likeness (QED) is 0.615. The maximum absolute atomic E-state index is 6.19. The van der Waals surface area contributed by atoms with Crippen LogP contribution in [0.15, 0.2) is 28.7 Å². The molecule has 0 N–H and O–H groups in total. The number of ether oxygens (including phenoxy) is 1. The zero-order valence-electron chi connectivity index (χ0n) is 14.1. The first-order valence-electron chi connectivity index (χ1n) is 8.43. The van der Waals surface area contributed by atoms with Gasteiger partial charge in [0.05, 0.1) is 6.10 Å². The summed E-state index contributed by atoms with van der Waals surface area (Å²) in [4.78, 5) is 9.35. The molecule has 1 aromatic heterocycles. The van der Waals surface area contributed by atoms with Crippen LogP contribution in [-0.4, -0.2) is 16.8 Å². The van der Waals surface area contributed by atoms with Crippen LogP contribution in [0.1, 0.15) is 51.5 Å². The summed E-state index contributed by atoms with van der Waals surface area (Å²) in [7, 11) is 0. The van der Waals surface area contributed by atoms with Crippen LogP contribution >= 0.6 is 11.3 Å². The molecule has 2 aromatic rings. The zero-order chi connectivity index (χ0) is 16.2. The van der Waals surface area contributed by atoms with E-state index in [0.29, 0.717) is 6.10 Å². The number of nitrogens with zero attached hydrogens (tertiary/aromatic N) is 2. The lowest BCUT2D eigenvalue weighted by molar-refractivity contribution is 0.121. The third kappa shape index (κ3) is 3.63. The van der Waals surface area contributed by atoms with Crippen LogP contribution in [0.2, 0.25) is 0 Å². The predicted molar refractivity (Wildman–Crippen MR) is 98.2 cm³/mol. The zero-order valence-corrected chi connectivity index (χ0v) is 14.9. The van der Waals surface area contributed by atoms with Crippen LogP contribution in [-0.2, 0) is 0 Å². The Labute approximate surface area is 142 Å². The lowest BCUT2D eigenvalue weighted by Gasteiger charge is -2.27. The van der Waals surface area contributed by atoms with Gasteiger partial charge in [0.15, 0.2) is 0 Å². The molecule has 1 aliphatic rings. The van der Waals surface area contributed by atoms with Gasteiger partial charge in [-0.25, -0.2) is 4.98 Å². The van der Waals surface area contributed by atoms with Gasteiger partial charge in [0.1, 0.15) is 16.4 Å². The van der Waals surface area contributed by atoms with Gasteiger partial charge in [-0.05, 0) is 57.2 Å². The second-order valence-corrected chi connectivity index (χ2v) is 7.08. The topological polar surface area (TPSA) is 34.5 Å². The molecule has 0 amide bonds. The van der Waals surface area contributed by atoms with Crippen molar-refractivity contribution >= 4 is 22.7 Å². The minimum Gasteiger partial charge on any atom is -0.488 e. The number of aromatic nitrogens is 1. The highest BCUT2D eigenvalue weighted by Gasteiger charge is 2.22. The highest BCUT2D eigenvalue weighted by molar-refractivity contribution is 7.13. The third-order valence-electron chi connectivity index (χ3n) is 4.32. The Morgan fingerprint density at radius 3 is 2.83 bits per heavy atom. The molecule has 4 heteroatoms. The number of hydrogen-bond acceptors (Lipinski definition) is 4. The summed E-state index contributed by atoms with van der Waals surface area (Å²) >= 11 is 1.66. The van der Waals surface area contributed by atoms with E-state index in [-0.39, 0.29) is 0 Å². The average molecular weight is 328 g/mol. The summed E-state index contributed by atoms with van der Waals surface area (Å²) in [5.41, 5.74) is 4.46. The van der Waals surface area contributed by atoms with Gasteiger partial charge >= 0.3 is 0 Å².